The molecule has 0 radical (unpaired) electrons. The molecule has 9 nitrogen and oxygen atoms in total. The number of anilines is 2. The van der Waals surface area contributed by atoms with Gasteiger partial charge >= 0.3 is 0 Å². The number of aromatic nitrogens is 2. The van der Waals surface area contributed by atoms with Crippen LogP contribution in [-0.2, 0) is 31.8 Å². The van der Waals surface area contributed by atoms with Crippen LogP contribution in [0.1, 0.15) is 56.6 Å². The first kappa shape index (κ1) is 27.7. The molecule has 0 spiro atoms. The summed E-state index contributed by atoms with van der Waals surface area (Å²) >= 11 is 0. The van der Waals surface area contributed by atoms with Crippen molar-refractivity contribution >= 4 is 23.1 Å². The summed E-state index contributed by atoms with van der Waals surface area (Å²) in [5.41, 5.74) is 2.41. The van der Waals surface area contributed by atoms with Gasteiger partial charge in [-0.25, -0.2) is 14.4 Å². The van der Waals surface area contributed by atoms with E-state index < -0.39 is 11.9 Å². The molecule has 2 atom stereocenters. The molecule has 1 saturated heterocycles. The van der Waals surface area contributed by atoms with Crippen molar-refractivity contribution in [1.29, 1.82) is 5.41 Å². The molecular weight excluding hydrogens is 489 g/mol. The van der Waals surface area contributed by atoms with Gasteiger partial charge in [0.05, 0.1) is 12.4 Å². The van der Waals surface area contributed by atoms with Crippen molar-refractivity contribution in [2.45, 2.75) is 64.7 Å². The maximum Gasteiger partial charge on any atom is 0.246 e. The number of ether oxygens (including phenoxy) is 3. The second-order valence-corrected chi connectivity index (χ2v) is 9.62. The molecule has 0 saturated carbocycles. The van der Waals surface area contributed by atoms with Crippen molar-refractivity contribution < 1.29 is 23.4 Å². The van der Waals surface area contributed by atoms with Gasteiger partial charge in [-0.3, -0.25) is 10.2 Å². The zero-order valence-electron chi connectivity index (χ0n) is 22.3. The van der Waals surface area contributed by atoms with E-state index in [4.69, 9.17) is 19.6 Å². The Morgan fingerprint density at radius 1 is 1.29 bits per heavy atom. The Kier molecular flexibility index (Phi) is 9.41. The maximum absolute atomic E-state index is 13.5. The summed E-state index contributed by atoms with van der Waals surface area (Å²) in [4.78, 5) is 24.0. The number of hydrogen-bond acceptors (Lipinski definition) is 8. The average molecular weight is 526 g/mol. The molecular formula is C28H36FN5O4. The lowest BCUT2D eigenvalue weighted by Crippen LogP contribution is -2.41. The Hall–Kier alpha value is -3.37. The molecule has 0 bridgehead atoms. The number of carbonyl (C=O) groups is 1. The quantitative estimate of drug-likeness (QED) is 0.254. The Bertz CT molecular complexity index is 1180. The Labute approximate surface area is 222 Å². The molecule has 10 heteroatoms. The molecule has 1 aromatic heterocycles. The van der Waals surface area contributed by atoms with Crippen LogP contribution >= 0.6 is 0 Å². The van der Waals surface area contributed by atoms with E-state index in [1.54, 1.807) is 44.0 Å². The van der Waals surface area contributed by atoms with Gasteiger partial charge in [-0.05, 0) is 70.6 Å². The highest BCUT2D eigenvalue weighted by atomic mass is 19.1. The molecule has 1 aromatic carbocycles. The molecule has 2 N–H and O–H groups in total. The van der Waals surface area contributed by atoms with Crippen LogP contribution in [0.5, 0.6) is 0 Å². The molecule has 1 amide bonds. The normalized spacial score (nSPS) is 18.0. The van der Waals surface area contributed by atoms with Crippen LogP contribution in [0.25, 0.3) is 0 Å². The standard InChI is InChI=1S/C28H36FN5O4/c1-18(36-14-15-38-25-12-4-5-13-37-25)16-23(30)26-32-24-11-7-10-22(24)27(33-26)34(3)19(2)28(35)31-21-9-6-8-20(29)17-21/h6,8-9,16-17,19,25,30H,4-5,7,10-15H2,1-3H3,(H,31,35)/b18-16+,30-23?/t19-,25?/m1/s1. The fourth-order valence-electron chi connectivity index (χ4n) is 4.53. The second kappa shape index (κ2) is 12.9. The third-order valence-electron chi connectivity index (χ3n) is 6.74. The first-order valence-corrected chi connectivity index (χ1v) is 13.1. The smallest absolute Gasteiger partial charge is 0.246 e. The SMILES string of the molecule is C/C(=C\C(=N)c1nc2c(c(N(C)[C@H](C)C(=O)Nc3cccc(F)c3)n1)CCC2)OCCOC1CCCCO1. The van der Waals surface area contributed by atoms with Crippen LogP contribution in [0.4, 0.5) is 15.9 Å². The van der Waals surface area contributed by atoms with E-state index in [-0.39, 0.29) is 23.7 Å². The summed E-state index contributed by atoms with van der Waals surface area (Å²) in [7, 11) is 1.80. The van der Waals surface area contributed by atoms with E-state index in [0.29, 0.717) is 30.5 Å². The molecule has 4 rings (SSSR count). The van der Waals surface area contributed by atoms with Crippen LogP contribution in [0, 0.1) is 11.2 Å². The summed E-state index contributed by atoms with van der Waals surface area (Å²) in [6.07, 6.45) is 7.05. The fraction of sp³-hybridized carbons (Fsp3) is 0.500. The summed E-state index contributed by atoms with van der Waals surface area (Å²) in [5.74, 6) is 0.760. The summed E-state index contributed by atoms with van der Waals surface area (Å²) < 4.78 is 30.5. The number of carbonyl (C=O) groups excluding carboxylic acids is 1. The van der Waals surface area contributed by atoms with Gasteiger partial charge in [0.2, 0.25) is 5.91 Å². The highest BCUT2D eigenvalue weighted by molar-refractivity contribution is 6.04. The topological polar surface area (TPSA) is 110 Å². The highest BCUT2D eigenvalue weighted by Crippen LogP contribution is 2.30. The van der Waals surface area contributed by atoms with Crippen LogP contribution in [0.2, 0.25) is 0 Å². The van der Waals surface area contributed by atoms with E-state index in [0.717, 1.165) is 56.4 Å². The van der Waals surface area contributed by atoms with Gasteiger partial charge in [0, 0.05) is 36.7 Å². The Morgan fingerprint density at radius 2 is 2.13 bits per heavy atom. The van der Waals surface area contributed by atoms with E-state index in [2.05, 4.69) is 15.3 Å². The molecule has 1 aliphatic heterocycles. The Morgan fingerprint density at radius 3 is 2.89 bits per heavy atom. The van der Waals surface area contributed by atoms with E-state index in [1.165, 1.54) is 12.1 Å². The minimum absolute atomic E-state index is 0.125. The summed E-state index contributed by atoms with van der Waals surface area (Å²) in [5, 5.41) is 11.4. The van der Waals surface area contributed by atoms with Crippen molar-refractivity contribution in [3.05, 3.63) is 59.0 Å². The number of nitrogens with one attached hydrogen (secondary N) is 2. The van der Waals surface area contributed by atoms with Crippen molar-refractivity contribution in [2.24, 2.45) is 0 Å². The number of fused-ring (bicyclic) bond motifs is 1. The molecule has 1 fully saturated rings. The minimum Gasteiger partial charge on any atom is -0.496 e. The van der Waals surface area contributed by atoms with Crippen LogP contribution in [-0.4, -0.2) is 60.8 Å². The summed E-state index contributed by atoms with van der Waals surface area (Å²) in [6.45, 7) is 5.04. The molecule has 1 unspecified atom stereocenters. The number of hydrogen-bond donors (Lipinski definition) is 2. The van der Waals surface area contributed by atoms with E-state index >= 15 is 0 Å². The van der Waals surface area contributed by atoms with Crippen LogP contribution < -0.4 is 10.2 Å². The van der Waals surface area contributed by atoms with Gasteiger partial charge in [-0.1, -0.05) is 6.07 Å². The van der Waals surface area contributed by atoms with Crippen LogP contribution in [0.15, 0.2) is 36.1 Å². The molecule has 38 heavy (non-hydrogen) atoms. The lowest BCUT2D eigenvalue weighted by Gasteiger charge is -2.27. The zero-order chi connectivity index (χ0) is 27.1. The third-order valence-corrected chi connectivity index (χ3v) is 6.74. The highest BCUT2D eigenvalue weighted by Gasteiger charge is 2.27. The predicted octanol–water partition coefficient (Wildman–Crippen LogP) is 4.40. The molecule has 2 aromatic rings. The lowest BCUT2D eigenvalue weighted by molar-refractivity contribution is -0.167. The Balaban J connectivity index is 1.41. The van der Waals surface area contributed by atoms with Crippen molar-refractivity contribution in [2.75, 3.05) is 37.1 Å². The monoisotopic (exact) mass is 525 g/mol. The van der Waals surface area contributed by atoms with Crippen molar-refractivity contribution in [3.8, 4) is 0 Å². The number of nitrogens with zero attached hydrogens (tertiary/aromatic N) is 3. The maximum atomic E-state index is 13.5. The van der Waals surface area contributed by atoms with Crippen molar-refractivity contribution in [1.82, 2.24) is 9.97 Å². The average Bonchev–Trinajstić information content (AvgIpc) is 3.39. The van der Waals surface area contributed by atoms with Gasteiger partial charge in [0.15, 0.2) is 12.1 Å². The minimum atomic E-state index is -0.589. The van der Waals surface area contributed by atoms with Gasteiger partial charge in [0.25, 0.3) is 0 Å². The van der Waals surface area contributed by atoms with Gasteiger partial charge in [-0.2, -0.15) is 0 Å². The number of rotatable bonds is 11. The number of benzene rings is 1. The number of halogens is 1. The van der Waals surface area contributed by atoms with Gasteiger partial charge in [-0.15, -0.1) is 0 Å². The fourth-order valence-corrected chi connectivity index (χ4v) is 4.53. The van der Waals surface area contributed by atoms with Crippen LogP contribution in [0.3, 0.4) is 0 Å². The molecule has 1 aliphatic carbocycles. The molecule has 2 aliphatic rings. The van der Waals surface area contributed by atoms with Gasteiger partial charge in [0.1, 0.15) is 30.0 Å². The van der Waals surface area contributed by atoms with E-state index in [1.807, 2.05) is 0 Å². The number of likely N-dealkylation sites (N-methyl/N-ethyl adjacent to an activating group) is 1. The predicted molar refractivity (Wildman–Crippen MR) is 143 cm³/mol. The number of amides is 1. The zero-order valence-corrected chi connectivity index (χ0v) is 22.3. The molecule has 204 valence electrons. The second-order valence-electron chi connectivity index (χ2n) is 9.62. The molecule has 2 heterocycles. The first-order chi connectivity index (χ1) is 18.3. The first-order valence-electron chi connectivity index (χ1n) is 13.1. The van der Waals surface area contributed by atoms with Crippen molar-refractivity contribution in [3.63, 3.8) is 0 Å². The number of allylic oxidation sites excluding steroid dienone is 2. The van der Waals surface area contributed by atoms with Gasteiger partial charge < -0.3 is 24.4 Å². The third kappa shape index (κ3) is 7.14. The lowest BCUT2D eigenvalue weighted by atomic mass is 10.1. The summed E-state index contributed by atoms with van der Waals surface area (Å²) in [6, 6.07) is 5.20. The number of aryl methyl sites for hydroxylation is 1. The largest absolute Gasteiger partial charge is 0.496 e. The van der Waals surface area contributed by atoms with E-state index in [9.17, 15) is 9.18 Å².